The lowest BCUT2D eigenvalue weighted by molar-refractivity contribution is -0.112. The summed E-state index contributed by atoms with van der Waals surface area (Å²) in [6.45, 7) is 1.39. The molecule has 1 amide bonds. The molecular weight excluding hydrogens is 515 g/mol. The van der Waals surface area contributed by atoms with Crippen molar-refractivity contribution in [3.8, 4) is 5.75 Å². The van der Waals surface area contributed by atoms with Crippen LogP contribution in [0.3, 0.4) is 0 Å². The zero-order chi connectivity index (χ0) is 25.9. The highest BCUT2D eigenvalue weighted by molar-refractivity contribution is 6.18. The summed E-state index contributed by atoms with van der Waals surface area (Å²) < 4.78 is 5.57. The van der Waals surface area contributed by atoms with Crippen LogP contribution in [-0.2, 0) is 4.79 Å². The smallest absolute Gasteiger partial charge is 0.251 e. The van der Waals surface area contributed by atoms with E-state index in [0.717, 1.165) is 5.69 Å². The number of hydrazone groups is 2. The summed E-state index contributed by atoms with van der Waals surface area (Å²) >= 11 is 11.7. The van der Waals surface area contributed by atoms with Gasteiger partial charge in [0.15, 0.2) is 11.7 Å². The van der Waals surface area contributed by atoms with Crippen molar-refractivity contribution in [3.63, 3.8) is 0 Å². The summed E-state index contributed by atoms with van der Waals surface area (Å²) in [5.41, 5.74) is 8.19. The molecule has 10 nitrogen and oxygen atoms in total. The number of hydrogen-bond acceptors (Lipinski definition) is 9. The van der Waals surface area contributed by atoms with E-state index in [9.17, 15) is 4.79 Å². The van der Waals surface area contributed by atoms with Crippen LogP contribution in [0.5, 0.6) is 5.75 Å². The predicted octanol–water partition coefficient (Wildman–Crippen LogP) is 3.51. The molecule has 0 fully saturated rings. The van der Waals surface area contributed by atoms with Gasteiger partial charge in [-0.1, -0.05) is 6.07 Å². The quantitative estimate of drug-likeness (QED) is 0.194. The molecule has 37 heavy (non-hydrogen) atoms. The lowest BCUT2D eigenvalue weighted by Gasteiger charge is -2.22. The van der Waals surface area contributed by atoms with Crippen LogP contribution < -0.4 is 25.8 Å². The fraction of sp³-hybridized carbons (Fsp3) is 0.160. The summed E-state index contributed by atoms with van der Waals surface area (Å²) in [6.07, 6.45) is 5.86. The van der Waals surface area contributed by atoms with Gasteiger partial charge < -0.3 is 15.0 Å². The third kappa shape index (κ3) is 7.18. The normalized spacial score (nSPS) is 12.7. The Kier molecular flexibility index (Phi) is 9.28. The Balaban J connectivity index is 1.34. The van der Waals surface area contributed by atoms with Crippen LogP contribution in [0.15, 0.2) is 89.5 Å². The zero-order valence-corrected chi connectivity index (χ0v) is 21.2. The van der Waals surface area contributed by atoms with E-state index < -0.39 is 5.91 Å². The monoisotopic (exact) mass is 538 g/mol. The van der Waals surface area contributed by atoms with Gasteiger partial charge in [-0.05, 0) is 48.5 Å². The summed E-state index contributed by atoms with van der Waals surface area (Å²) in [5, 5.41) is 11.3. The summed E-state index contributed by atoms with van der Waals surface area (Å²) in [4.78, 5) is 23.1. The molecule has 1 aromatic carbocycles. The van der Waals surface area contributed by atoms with Gasteiger partial charge in [0.05, 0.1) is 11.9 Å². The number of rotatable bonds is 11. The Morgan fingerprint density at radius 3 is 2.32 bits per heavy atom. The molecule has 3 aromatic rings. The molecule has 4 rings (SSSR count). The van der Waals surface area contributed by atoms with Crippen LogP contribution in [0.2, 0.25) is 0 Å². The largest absolute Gasteiger partial charge is 0.465 e. The number of nitrogens with one attached hydrogen (secondary N) is 3. The molecule has 2 aromatic heterocycles. The minimum absolute atomic E-state index is 0.341. The number of amides is 1. The van der Waals surface area contributed by atoms with Gasteiger partial charge in [0.1, 0.15) is 17.1 Å². The number of anilines is 2. The summed E-state index contributed by atoms with van der Waals surface area (Å²) in [6, 6.07) is 16.3. The molecule has 0 radical (unpaired) electrons. The highest BCUT2D eigenvalue weighted by atomic mass is 35.5. The Hall–Kier alpha value is -4.15. The Morgan fingerprint density at radius 2 is 1.65 bits per heavy atom. The first-order valence-electron chi connectivity index (χ1n) is 11.3. The van der Waals surface area contributed by atoms with E-state index in [2.05, 4.69) is 41.2 Å². The molecule has 1 aliphatic heterocycles. The fourth-order valence-corrected chi connectivity index (χ4v) is 3.75. The van der Waals surface area contributed by atoms with Gasteiger partial charge in [-0.25, -0.2) is 0 Å². The molecule has 0 aliphatic carbocycles. The molecule has 190 valence electrons. The molecule has 0 saturated carbocycles. The Bertz CT molecular complexity index is 1280. The standard InChI is InChI=1S/C25H24Cl2N8O2/c26-11-15-35(16-12-27)18-6-8-19(9-7-18)37-17-10-22(36)30-20-5-3-14-29-23(20)25-33-31-24(32-34-25)21-4-1-2-13-28-21/h1-10,13-14,17H,11-12,15-16H2,(H,30,36)(H,31,32)(H,33,34)/b17-10+. The average molecular weight is 539 g/mol. The number of pyridine rings is 2. The number of hydrogen-bond donors (Lipinski definition) is 3. The van der Waals surface area contributed by atoms with Crippen molar-refractivity contribution in [3.05, 3.63) is 90.7 Å². The topological polar surface area (TPSA) is 116 Å². The average Bonchev–Trinajstić information content (AvgIpc) is 2.94. The fourth-order valence-electron chi connectivity index (χ4n) is 3.34. The van der Waals surface area contributed by atoms with Crippen LogP contribution in [-0.4, -0.2) is 52.4 Å². The lowest BCUT2D eigenvalue weighted by Crippen LogP contribution is -2.35. The molecule has 3 heterocycles. The zero-order valence-electron chi connectivity index (χ0n) is 19.6. The van der Waals surface area contributed by atoms with E-state index in [0.29, 0.717) is 59.3 Å². The van der Waals surface area contributed by atoms with Gasteiger partial charge >= 0.3 is 0 Å². The highest BCUT2D eigenvalue weighted by Gasteiger charge is 2.17. The Morgan fingerprint density at radius 1 is 0.919 bits per heavy atom. The second-order valence-electron chi connectivity index (χ2n) is 7.53. The third-order valence-electron chi connectivity index (χ3n) is 5.08. The van der Waals surface area contributed by atoms with Crippen molar-refractivity contribution in [2.45, 2.75) is 0 Å². The molecule has 0 atom stereocenters. The van der Waals surface area contributed by atoms with Crippen LogP contribution in [0.25, 0.3) is 0 Å². The van der Waals surface area contributed by atoms with Crippen LogP contribution in [0.1, 0.15) is 11.4 Å². The van der Waals surface area contributed by atoms with Gasteiger partial charge in [0.2, 0.25) is 0 Å². The Labute approximate surface area is 224 Å². The number of carbonyl (C=O) groups excluding carboxylic acids is 1. The van der Waals surface area contributed by atoms with Crippen molar-refractivity contribution >= 4 is 52.2 Å². The number of halogens is 2. The van der Waals surface area contributed by atoms with E-state index >= 15 is 0 Å². The maximum absolute atomic E-state index is 12.5. The van der Waals surface area contributed by atoms with Crippen molar-refractivity contribution in [2.24, 2.45) is 10.2 Å². The van der Waals surface area contributed by atoms with Crippen LogP contribution >= 0.6 is 23.2 Å². The second kappa shape index (κ2) is 13.2. The van der Waals surface area contributed by atoms with E-state index in [-0.39, 0.29) is 0 Å². The second-order valence-corrected chi connectivity index (χ2v) is 8.28. The number of ether oxygens (including phenoxy) is 1. The number of nitrogens with zero attached hydrogens (tertiary/aromatic N) is 5. The van der Waals surface area contributed by atoms with Crippen molar-refractivity contribution < 1.29 is 9.53 Å². The van der Waals surface area contributed by atoms with Gasteiger partial charge in [-0.3, -0.25) is 25.6 Å². The molecule has 0 saturated heterocycles. The first-order valence-corrected chi connectivity index (χ1v) is 12.4. The number of aromatic nitrogens is 2. The van der Waals surface area contributed by atoms with E-state index in [1.807, 2.05) is 36.4 Å². The maximum Gasteiger partial charge on any atom is 0.251 e. The third-order valence-corrected chi connectivity index (χ3v) is 5.42. The molecule has 0 spiro atoms. The molecule has 12 heteroatoms. The molecule has 1 aliphatic rings. The van der Waals surface area contributed by atoms with E-state index in [1.165, 1.54) is 12.3 Å². The van der Waals surface area contributed by atoms with Crippen molar-refractivity contribution in [1.82, 2.24) is 20.8 Å². The van der Waals surface area contributed by atoms with Gasteiger partial charge in [-0.2, -0.15) is 10.2 Å². The first kappa shape index (κ1) is 25.9. The summed E-state index contributed by atoms with van der Waals surface area (Å²) in [7, 11) is 0. The SMILES string of the molecule is O=C(/C=C/Oc1ccc(N(CCCl)CCCl)cc1)Nc1cccnc1C1=NNC(c2ccccn2)=NN1. The maximum atomic E-state index is 12.5. The van der Waals surface area contributed by atoms with E-state index in [1.54, 1.807) is 30.6 Å². The number of alkyl halides is 2. The van der Waals surface area contributed by atoms with E-state index in [4.69, 9.17) is 27.9 Å². The molecule has 3 N–H and O–H groups in total. The first-order chi connectivity index (χ1) is 18.2. The molecule has 0 bridgehead atoms. The summed E-state index contributed by atoms with van der Waals surface area (Å²) in [5.74, 6) is 2.00. The minimum atomic E-state index is -0.400. The number of amidine groups is 2. The van der Waals surface area contributed by atoms with Gasteiger partial charge in [0.25, 0.3) is 5.91 Å². The molecule has 0 unspecified atom stereocenters. The van der Waals surface area contributed by atoms with Crippen LogP contribution in [0.4, 0.5) is 11.4 Å². The number of carbonyl (C=O) groups is 1. The highest BCUT2D eigenvalue weighted by Crippen LogP contribution is 2.20. The van der Waals surface area contributed by atoms with Gasteiger partial charge in [-0.15, -0.1) is 23.2 Å². The predicted molar refractivity (Wildman–Crippen MR) is 146 cm³/mol. The molecular formula is C25H24Cl2N8O2. The van der Waals surface area contributed by atoms with Crippen molar-refractivity contribution in [1.29, 1.82) is 0 Å². The number of benzene rings is 1. The van der Waals surface area contributed by atoms with Crippen molar-refractivity contribution in [2.75, 3.05) is 35.1 Å². The van der Waals surface area contributed by atoms with Crippen LogP contribution in [0, 0.1) is 0 Å². The van der Waals surface area contributed by atoms with Gasteiger partial charge in [0, 0.05) is 49.0 Å². The minimum Gasteiger partial charge on any atom is -0.465 e. The lowest BCUT2D eigenvalue weighted by atomic mass is 10.2.